The largest absolute Gasteiger partial charge is 0.477 e. The molecule has 3 fully saturated rings. The SMILES string of the molecule is CCCCCN(CCc1cccc(CCN(CCCC=N)C(=N)NCN2CCN(c3cc4c(cc3F)c(=O)c(C(=O)O)cn4C3CC3)CC2)n1)C(=N)NC(=N)N1CCNCC1. The quantitative estimate of drug-likeness (QED) is 0.0494. The van der Waals surface area contributed by atoms with Crippen molar-refractivity contribution in [1.29, 1.82) is 21.6 Å². The Bertz CT molecular complexity index is 2080. The minimum atomic E-state index is -1.31. The van der Waals surface area contributed by atoms with Gasteiger partial charge < -0.3 is 45.3 Å². The number of piperazine rings is 2. The van der Waals surface area contributed by atoms with Gasteiger partial charge in [-0.25, -0.2) is 9.18 Å². The van der Waals surface area contributed by atoms with E-state index in [1.165, 1.54) is 18.5 Å². The minimum absolute atomic E-state index is 0.0820. The lowest BCUT2D eigenvalue weighted by atomic mass is 10.1. The van der Waals surface area contributed by atoms with Crippen molar-refractivity contribution in [2.24, 2.45) is 0 Å². The van der Waals surface area contributed by atoms with Crippen molar-refractivity contribution in [3.63, 3.8) is 0 Å². The fourth-order valence-electron chi connectivity index (χ4n) is 7.93. The monoisotopic (exact) mass is 843 g/mol. The van der Waals surface area contributed by atoms with Gasteiger partial charge in [0, 0.05) is 120 Å². The van der Waals surface area contributed by atoms with E-state index in [0.29, 0.717) is 88.9 Å². The predicted molar refractivity (Wildman–Crippen MR) is 238 cm³/mol. The van der Waals surface area contributed by atoms with E-state index < -0.39 is 17.2 Å². The molecule has 1 aliphatic carbocycles. The summed E-state index contributed by atoms with van der Waals surface area (Å²) in [4.78, 5) is 39.8. The highest BCUT2D eigenvalue weighted by Gasteiger charge is 2.29. The van der Waals surface area contributed by atoms with Gasteiger partial charge in [0.15, 0.2) is 17.9 Å². The number of carbonyl (C=O) groups is 1. The summed E-state index contributed by atoms with van der Waals surface area (Å²) in [6.07, 6.45) is 10.3. The molecule has 8 N–H and O–H groups in total. The molecule has 17 nitrogen and oxygen atoms in total. The van der Waals surface area contributed by atoms with E-state index in [1.54, 1.807) is 6.07 Å². The molecule has 0 bridgehead atoms. The number of halogens is 1. The van der Waals surface area contributed by atoms with Gasteiger partial charge in [0.1, 0.15) is 11.4 Å². The Morgan fingerprint density at radius 2 is 1.62 bits per heavy atom. The maximum atomic E-state index is 15.6. The number of hydrogen-bond acceptors (Lipinski definition) is 10. The summed E-state index contributed by atoms with van der Waals surface area (Å²) in [5.74, 6) is -1.07. The molecule has 0 radical (unpaired) electrons. The molecule has 0 amide bonds. The van der Waals surface area contributed by atoms with Crippen molar-refractivity contribution in [2.45, 2.75) is 70.8 Å². The van der Waals surface area contributed by atoms with Crippen LogP contribution in [0.25, 0.3) is 10.9 Å². The van der Waals surface area contributed by atoms with Gasteiger partial charge in [-0.2, -0.15) is 0 Å². The van der Waals surface area contributed by atoms with Crippen LogP contribution in [0.2, 0.25) is 0 Å². The smallest absolute Gasteiger partial charge is 0.341 e. The van der Waals surface area contributed by atoms with Crippen molar-refractivity contribution in [3.8, 4) is 0 Å². The fraction of sp³-hybridized carbons (Fsp3) is 0.558. The van der Waals surface area contributed by atoms with Crippen LogP contribution >= 0.6 is 0 Å². The topological polar surface area (TPSA) is 220 Å². The second kappa shape index (κ2) is 21.8. The normalized spacial score (nSPS) is 15.7. The van der Waals surface area contributed by atoms with Crippen LogP contribution in [0.3, 0.4) is 0 Å². The zero-order chi connectivity index (χ0) is 43.3. The number of rotatable bonds is 19. The highest BCUT2D eigenvalue weighted by atomic mass is 19.1. The molecule has 1 aromatic carbocycles. The third-order valence-electron chi connectivity index (χ3n) is 11.7. The number of nitrogens with zero attached hydrogens (tertiary/aromatic N) is 7. The zero-order valence-corrected chi connectivity index (χ0v) is 35.4. The predicted octanol–water partition coefficient (Wildman–Crippen LogP) is 3.55. The number of aromatic carboxylic acids is 1. The third kappa shape index (κ3) is 12.2. The molecule has 61 heavy (non-hydrogen) atoms. The minimum Gasteiger partial charge on any atom is -0.477 e. The summed E-state index contributed by atoms with van der Waals surface area (Å²) in [6, 6.07) is 9.00. The summed E-state index contributed by atoms with van der Waals surface area (Å²) < 4.78 is 17.4. The molecule has 0 spiro atoms. The van der Waals surface area contributed by atoms with Gasteiger partial charge in [-0.3, -0.25) is 36.2 Å². The maximum Gasteiger partial charge on any atom is 0.341 e. The Hall–Kier alpha value is -5.62. The summed E-state index contributed by atoms with van der Waals surface area (Å²) in [5.41, 5.74) is 1.77. The maximum absolute atomic E-state index is 15.6. The van der Waals surface area contributed by atoms with E-state index in [4.69, 9.17) is 26.6 Å². The Morgan fingerprint density at radius 1 is 0.951 bits per heavy atom. The van der Waals surface area contributed by atoms with E-state index in [-0.39, 0.29) is 28.9 Å². The van der Waals surface area contributed by atoms with Crippen LogP contribution < -0.4 is 26.3 Å². The Kier molecular flexibility index (Phi) is 16.0. The summed E-state index contributed by atoms with van der Waals surface area (Å²) in [5, 5.41) is 53.1. The Morgan fingerprint density at radius 3 is 2.26 bits per heavy atom. The summed E-state index contributed by atoms with van der Waals surface area (Å²) in [7, 11) is 0. The molecular formula is C43H63FN14O3. The molecule has 2 aromatic heterocycles. The molecule has 4 heterocycles. The lowest BCUT2D eigenvalue weighted by Gasteiger charge is -2.37. The first kappa shape index (κ1) is 44.9. The Labute approximate surface area is 357 Å². The number of carboxylic acid groups (broad SMARTS) is 1. The summed E-state index contributed by atoms with van der Waals surface area (Å²) >= 11 is 0. The molecule has 2 saturated heterocycles. The number of benzene rings is 1. The van der Waals surface area contributed by atoms with Crippen molar-refractivity contribution in [1.82, 2.24) is 45.1 Å². The van der Waals surface area contributed by atoms with Gasteiger partial charge in [0.25, 0.3) is 0 Å². The first-order valence-electron chi connectivity index (χ1n) is 21.8. The highest BCUT2D eigenvalue weighted by Crippen LogP contribution is 2.38. The second-order valence-electron chi connectivity index (χ2n) is 16.1. The average molecular weight is 843 g/mol. The van der Waals surface area contributed by atoms with Crippen molar-refractivity contribution < 1.29 is 14.3 Å². The molecule has 2 aliphatic heterocycles. The number of aromatic nitrogens is 2. The van der Waals surface area contributed by atoms with E-state index in [1.807, 2.05) is 42.4 Å². The van der Waals surface area contributed by atoms with E-state index in [0.717, 1.165) is 82.6 Å². The Balaban J connectivity index is 1.01. The molecule has 3 aromatic rings. The van der Waals surface area contributed by atoms with E-state index >= 15 is 4.39 Å². The van der Waals surface area contributed by atoms with Crippen LogP contribution in [0.1, 0.15) is 79.7 Å². The number of guanidine groups is 3. The number of carboxylic acids is 1. The molecule has 3 aliphatic rings. The molecule has 18 heteroatoms. The van der Waals surface area contributed by atoms with Gasteiger partial charge in [-0.05, 0) is 62.6 Å². The number of fused-ring (bicyclic) bond motifs is 1. The first-order chi connectivity index (χ1) is 29.6. The van der Waals surface area contributed by atoms with E-state index in [9.17, 15) is 14.7 Å². The lowest BCUT2D eigenvalue weighted by molar-refractivity contribution is 0.0694. The third-order valence-corrected chi connectivity index (χ3v) is 11.7. The van der Waals surface area contributed by atoms with Crippen LogP contribution in [0.5, 0.6) is 0 Å². The standard InChI is InChI=1S/C43H63FN14O3/c1-2-3-5-17-56(42(47)52-43(48)57-21-15-49-16-22-57)20-13-32-9-7-8-31(51-32)12-19-55(18-6-4-14-45)41(46)50-30-53-23-25-54(26-24-53)38-28-37-34(27-36(38)44)39(59)35(40(60)61)29-58(37)33-10-11-33/h7-9,14,27-29,33,45,49H,2-6,10-13,15-26,30H2,1H3,(H2,46,50)(H,60,61)(H3,47,48,52). The molecular weight excluding hydrogens is 780 g/mol. The molecule has 6 rings (SSSR count). The van der Waals surface area contributed by atoms with Crippen LogP contribution in [-0.4, -0.2) is 150 Å². The van der Waals surface area contributed by atoms with Crippen LogP contribution in [0, 0.1) is 27.5 Å². The van der Waals surface area contributed by atoms with Gasteiger partial charge in [0.05, 0.1) is 17.9 Å². The van der Waals surface area contributed by atoms with Gasteiger partial charge >= 0.3 is 5.97 Å². The first-order valence-corrected chi connectivity index (χ1v) is 21.8. The molecule has 0 unspecified atom stereocenters. The fourth-order valence-corrected chi connectivity index (χ4v) is 7.93. The second-order valence-corrected chi connectivity index (χ2v) is 16.1. The number of pyridine rings is 2. The van der Waals surface area contributed by atoms with Gasteiger partial charge in [0.2, 0.25) is 5.43 Å². The lowest BCUT2D eigenvalue weighted by Crippen LogP contribution is -2.54. The van der Waals surface area contributed by atoms with Gasteiger partial charge in [-0.15, -0.1) is 0 Å². The average Bonchev–Trinajstić information content (AvgIpc) is 4.12. The number of hydrogen-bond donors (Lipinski definition) is 8. The zero-order valence-electron chi connectivity index (χ0n) is 35.4. The van der Waals surface area contributed by atoms with Crippen LogP contribution in [0.15, 0.2) is 41.3 Å². The van der Waals surface area contributed by atoms with Crippen LogP contribution in [-0.2, 0) is 12.8 Å². The number of nitrogens with one attached hydrogen (secondary N) is 7. The summed E-state index contributed by atoms with van der Waals surface area (Å²) in [6.45, 7) is 10.6. The van der Waals surface area contributed by atoms with Gasteiger partial charge in [-0.1, -0.05) is 25.8 Å². The van der Waals surface area contributed by atoms with E-state index in [2.05, 4.69) is 27.8 Å². The van der Waals surface area contributed by atoms with Crippen LogP contribution in [0.4, 0.5) is 10.1 Å². The van der Waals surface area contributed by atoms with Crippen molar-refractivity contribution >= 4 is 46.7 Å². The molecule has 1 saturated carbocycles. The molecule has 330 valence electrons. The van der Waals surface area contributed by atoms with Crippen molar-refractivity contribution in [3.05, 3.63) is 69.5 Å². The van der Waals surface area contributed by atoms with Crippen molar-refractivity contribution in [2.75, 3.05) is 90.1 Å². The highest BCUT2D eigenvalue weighted by molar-refractivity contribution is 5.96. The number of anilines is 1. The molecule has 0 atom stereocenters. The number of unbranched alkanes of at least 4 members (excludes halogenated alkanes) is 3.